The molecule has 1 N–H and O–H groups in total. The molecule has 0 fully saturated rings. The first kappa shape index (κ1) is 28.5. The number of aryl methyl sites for hydroxylation is 1. The summed E-state index contributed by atoms with van der Waals surface area (Å²) in [6.45, 7) is 1.96. The molecule has 3 aromatic carbocycles. The molecule has 0 saturated heterocycles. The Morgan fingerprint density at radius 2 is 1.51 bits per heavy atom. The molecule has 39 heavy (non-hydrogen) atoms. The molecule has 0 aliphatic rings. The number of hydrogen-bond acceptors (Lipinski definition) is 7. The second-order valence-corrected chi connectivity index (χ2v) is 11.4. The summed E-state index contributed by atoms with van der Waals surface area (Å²) in [6, 6.07) is 15.8. The van der Waals surface area contributed by atoms with Crippen LogP contribution in [0.15, 0.2) is 75.2 Å². The third-order valence-corrected chi connectivity index (χ3v) is 8.33. The monoisotopic (exact) mass is 588 g/mol. The minimum Gasteiger partial charge on any atom is -0.494 e. The van der Waals surface area contributed by atoms with Gasteiger partial charge in [-0.1, -0.05) is 54.7 Å². The van der Waals surface area contributed by atoms with Gasteiger partial charge in [0.05, 0.1) is 19.1 Å². The van der Waals surface area contributed by atoms with E-state index in [1.54, 1.807) is 48.5 Å². The minimum absolute atomic E-state index is 0.175. The molecule has 204 valence electrons. The van der Waals surface area contributed by atoms with E-state index in [1.807, 2.05) is 6.92 Å². The lowest BCUT2D eigenvalue weighted by molar-refractivity contribution is 0.374. The van der Waals surface area contributed by atoms with Gasteiger partial charge >= 0.3 is 0 Å². The fourth-order valence-electron chi connectivity index (χ4n) is 4.23. The van der Waals surface area contributed by atoms with Crippen molar-refractivity contribution in [3.63, 3.8) is 0 Å². The van der Waals surface area contributed by atoms with Gasteiger partial charge in [-0.15, -0.1) is 0 Å². The van der Waals surface area contributed by atoms with E-state index in [0.29, 0.717) is 45.5 Å². The number of aromatic hydroxyl groups is 1. The largest absolute Gasteiger partial charge is 0.494 e. The highest BCUT2D eigenvalue weighted by molar-refractivity contribution is 7.91. The van der Waals surface area contributed by atoms with Crippen molar-refractivity contribution >= 4 is 33.0 Å². The maximum absolute atomic E-state index is 13.7. The van der Waals surface area contributed by atoms with Crippen molar-refractivity contribution < 1.29 is 23.0 Å². The number of methoxy groups -OCH3 is 2. The Bertz CT molecular complexity index is 1640. The van der Waals surface area contributed by atoms with E-state index in [2.05, 4.69) is 4.98 Å². The number of aromatic nitrogens is 2. The first-order chi connectivity index (χ1) is 18.6. The molecule has 0 atom stereocenters. The Hall–Kier alpha value is -3.53. The van der Waals surface area contributed by atoms with Crippen LogP contribution in [-0.2, 0) is 16.3 Å². The zero-order chi connectivity index (χ0) is 28.3. The average molecular weight is 589 g/mol. The Balaban J connectivity index is 1.92. The van der Waals surface area contributed by atoms with E-state index >= 15 is 0 Å². The molecule has 11 heteroatoms. The number of hydrogen-bond donors (Lipinski definition) is 1. The van der Waals surface area contributed by atoms with Crippen LogP contribution >= 0.6 is 23.2 Å². The van der Waals surface area contributed by atoms with Crippen molar-refractivity contribution in [3.05, 3.63) is 86.9 Å². The Morgan fingerprint density at radius 3 is 2.05 bits per heavy atom. The molecule has 1 aromatic heterocycles. The molecule has 0 saturated carbocycles. The minimum atomic E-state index is -4.50. The van der Waals surface area contributed by atoms with E-state index in [0.717, 1.165) is 6.42 Å². The molecular weight excluding hydrogens is 563 g/mol. The number of benzene rings is 3. The number of nitrogens with zero attached hydrogens (tertiary/aromatic N) is 2. The Morgan fingerprint density at radius 1 is 0.923 bits per heavy atom. The summed E-state index contributed by atoms with van der Waals surface area (Å²) in [5, 5.41) is 12.3. The van der Waals surface area contributed by atoms with Gasteiger partial charge in [-0.3, -0.25) is 9.36 Å². The van der Waals surface area contributed by atoms with Crippen molar-refractivity contribution in [1.29, 1.82) is 0 Å². The van der Waals surface area contributed by atoms with Crippen LogP contribution in [0.4, 0.5) is 0 Å². The van der Waals surface area contributed by atoms with Gasteiger partial charge < -0.3 is 14.6 Å². The second-order valence-electron chi connectivity index (χ2n) is 8.62. The van der Waals surface area contributed by atoms with Crippen LogP contribution in [0.5, 0.6) is 17.4 Å². The smallest absolute Gasteiger partial charge is 0.296 e. The fraction of sp³-hybridized carbons (Fsp3) is 0.214. The Kier molecular flexibility index (Phi) is 8.54. The predicted molar refractivity (Wildman–Crippen MR) is 151 cm³/mol. The van der Waals surface area contributed by atoms with Gasteiger partial charge in [0.25, 0.3) is 5.56 Å². The van der Waals surface area contributed by atoms with Crippen molar-refractivity contribution in [2.24, 2.45) is 0 Å². The highest BCUT2D eigenvalue weighted by Gasteiger charge is 2.31. The molecule has 0 bridgehead atoms. The highest BCUT2D eigenvalue weighted by Crippen LogP contribution is 2.38. The lowest BCUT2D eigenvalue weighted by Crippen LogP contribution is -2.25. The molecule has 4 aromatic rings. The van der Waals surface area contributed by atoms with E-state index in [1.165, 1.54) is 30.9 Å². The average Bonchev–Trinajstić information content (AvgIpc) is 2.90. The first-order valence-corrected chi connectivity index (χ1v) is 14.2. The number of sulfone groups is 1. The quantitative estimate of drug-likeness (QED) is 0.251. The summed E-state index contributed by atoms with van der Waals surface area (Å²) in [5.74, 6) is -0.0228. The molecule has 0 unspecified atom stereocenters. The molecular formula is C28H26Cl2N2O6S. The molecule has 0 aliphatic heterocycles. The van der Waals surface area contributed by atoms with Crippen molar-refractivity contribution in [2.75, 3.05) is 14.2 Å². The predicted octanol–water partition coefficient (Wildman–Crippen LogP) is 6.10. The normalized spacial score (nSPS) is 11.4. The standard InChI is InChI=1S/C28H26Cl2N2O6S/c1-4-5-9-24-31-27(33)26(28(34)32(24)25-22(37-2)7-6-8-23(25)38-3)39(35,36)21-12-10-17(11-13-21)18-14-19(29)16-20(30)15-18/h6-8,10-16,34H,4-5,9H2,1-3H3. The zero-order valence-electron chi connectivity index (χ0n) is 21.4. The van der Waals surface area contributed by atoms with Crippen LogP contribution in [0, 0.1) is 0 Å². The summed E-state index contributed by atoms with van der Waals surface area (Å²) in [4.78, 5) is 16.2. The van der Waals surface area contributed by atoms with E-state index in [-0.39, 0.29) is 16.4 Å². The number of rotatable bonds is 9. The summed E-state index contributed by atoms with van der Waals surface area (Å²) in [5.41, 5.74) is 0.510. The van der Waals surface area contributed by atoms with Crippen LogP contribution < -0.4 is 15.0 Å². The van der Waals surface area contributed by atoms with Crippen LogP contribution in [0.2, 0.25) is 10.0 Å². The molecule has 4 rings (SSSR count). The van der Waals surface area contributed by atoms with Crippen LogP contribution in [0.1, 0.15) is 25.6 Å². The summed E-state index contributed by atoms with van der Waals surface area (Å²) in [7, 11) is -1.63. The number of para-hydroxylation sites is 1. The maximum atomic E-state index is 13.7. The van der Waals surface area contributed by atoms with Gasteiger partial charge in [-0.05, 0) is 60.0 Å². The van der Waals surface area contributed by atoms with Gasteiger partial charge in [-0.25, -0.2) is 8.42 Å². The van der Waals surface area contributed by atoms with Crippen molar-refractivity contribution in [3.8, 4) is 34.2 Å². The first-order valence-electron chi connectivity index (χ1n) is 12.0. The topological polar surface area (TPSA) is 108 Å². The SMILES string of the molecule is CCCCc1nc(=O)c(S(=O)(=O)c2ccc(-c3cc(Cl)cc(Cl)c3)cc2)c(O)n1-c1c(OC)cccc1OC. The van der Waals surface area contributed by atoms with Gasteiger partial charge in [0.2, 0.25) is 15.7 Å². The molecule has 1 heterocycles. The maximum Gasteiger partial charge on any atom is 0.296 e. The number of ether oxygens (including phenoxy) is 2. The van der Waals surface area contributed by atoms with Gasteiger partial charge in [-0.2, -0.15) is 4.98 Å². The lowest BCUT2D eigenvalue weighted by Gasteiger charge is -2.21. The van der Waals surface area contributed by atoms with Crippen LogP contribution in [0.25, 0.3) is 16.8 Å². The highest BCUT2D eigenvalue weighted by atomic mass is 35.5. The van der Waals surface area contributed by atoms with Crippen LogP contribution in [-0.4, -0.2) is 37.3 Å². The molecule has 0 spiro atoms. The Labute approximate surface area is 236 Å². The van der Waals surface area contributed by atoms with E-state index < -0.39 is 26.2 Å². The van der Waals surface area contributed by atoms with Crippen LogP contribution in [0.3, 0.4) is 0 Å². The van der Waals surface area contributed by atoms with E-state index in [4.69, 9.17) is 32.7 Å². The van der Waals surface area contributed by atoms with Gasteiger partial charge in [0.1, 0.15) is 23.0 Å². The molecule has 0 aliphatic carbocycles. The third kappa shape index (κ3) is 5.61. The fourth-order valence-corrected chi connectivity index (χ4v) is 6.09. The van der Waals surface area contributed by atoms with Crippen molar-refractivity contribution in [1.82, 2.24) is 9.55 Å². The second kappa shape index (κ2) is 11.7. The molecule has 0 radical (unpaired) electrons. The van der Waals surface area contributed by atoms with Gasteiger partial charge in [0, 0.05) is 16.5 Å². The summed E-state index contributed by atoms with van der Waals surface area (Å²) >= 11 is 12.2. The zero-order valence-corrected chi connectivity index (χ0v) is 23.8. The summed E-state index contributed by atoms with van der Waals surface area (Å²) < 4.78 is 39.6. The van der Waals surface area contributed by atoms with E-state index in [9.17, 15) is 18.3 Å². The third-order valence-electron chi connectivity index (χ3n) is 6.11. The molecule has 8 nitrogen and oxygen atoms in total. The summed E-state index contributed by atoms with van der Waals surface area (Å²) in [6.07, 6.45) is 1.73. The van der Waals surface area contributed by atoms with Crippen molar-refractivity contribution in [2.45, 2.75) is 36.0 Å². The van der Waals surface area contributed by atoms with Gasteiger partial charge in [0.15, 0.2) is 4.90 Å². The lowest BCUT2D eigenvalue weighted by atomic mass is 10.1. The number of halogens is 2. The number of unbranched alkanes of at least 4 members (excludes halogenated alkanes) is 1. The molecule has 0 amide bonds.